The van der Waals surface area contributed by atoms with Crippen LogP contribution in [0.1, 0.15) is 18.5 Å². The second-order valence-electron chi connectivity index (χ2n) is 4.68. The summed E-state index contributed by atoms with van der Waals surface area (Å²) in [6.07, 6.45) is -11.5. The molecular weight excluding hydrogens is 352 g/mol. The van der Waals surface area contributed by atoms with E-state index in [1.165, 1.54) is 31.2 Å². The summed E-state index contributed by atoms with van der Waals surface area (Å²) in [6, 6.07) is 3.77. The zero-order chi connectivity index (χ0) is 17.1. The van der Waals surface area contributed by atoms with Crippen LogP contribution in [0.4, 0.5) is 26.3 Å². The zero-order valence-electron chi connectivity index (χ0n) is 11.7. The summed E-state index contributed by atoms with van der Waals surface area (Å²) in [4.78, 5) is 10.9. The van der Waals surface area contributed by atoms with Gasteiger partial charge in [0, 0.05) is 6.04 Å². The Morgan fingerprint density at radius 2 is 1.48 bits per heavy atom. The highest BCUT2D eigenvalue weighted by Gasteiger charge is 2.62. The molecule has 0 aliphatic carbocycles. The van der Waals surface area contributed by atoms with Gasteiger partial charge in [-0.1, -0.05) is 30.3 Å². The maximum atomic E-state index is 12.7. The van der Waals surface area contributed by atoms with Crippen LogP contribution in [0.3, 0.4) is 0 Å². The summed E-state index contributed by atoms with van der Waals surface area (Å²) < 4.78 is 75.9. The molecule has 132 valence electrons. The summed E-state index contributed by atoms with van der Waals surface area (Å²) >= 11 is 0. The molecule has 1 aromatic carbocycles. The minimum absolute atomic E-state index is 0. The summed E-state index contributed by atoms with van der Waals surface area (Å²) in [7, 11) is 0. The number of carboxylic acid groups (broad SMARTS) is 1. The Morgan fingerprint density at radius 3 is 1.83 bits per heavy atom. The van der Waals surface area contributed by atoms with E-state index in [4.69, 9.17) is 5.11 Å². The molecule has 0 radical (unpaired) electrons. The highest BCUT2D eigenvalue weighted by atomic mass is 35.5. The molecule has 0 spiro atoms. The number of nitrogens with one attached hydrogen (secondary N) is 1. The van der Waals surface area contributed by atoms with E-state index in [0.717, 1.165) is 0 Å². The molecule has 0 saturated carbocycles. The number of halogens is 7. The second kappa shape index (κ2) is 7.87. The lowest BCUT2D eigenvalue weighted by Crippen LogP contribution is -2.55. The molecule has 1 aromatic rings. The third kappa shape index (κ3) is 5.91. The Balaban J connectivity index is 0.00000484. The Morgan fingerprint density at radius 1 is 1.04 bits per heavy atom. The molecule has 10 heteroatoms. The van der Waals surface area contributed by atoms with Crippen LogP contribution in [-0.2, 0) is 4.79 Å². The zero-order valence-corrected chi connectivity index (χ0v) is 12.5. The van der Waals surface area contributed by atoms with Gasteiger partial charge in [-0.2, -0.15) is 26.3 Å². The van der Waals surface area contributed by atoms with E-state index in [1.807, 2.05) is 5.32 Å². The lowest BCUT2D eigenvalue weighted by molar-refractivity contribution is -0.291. The lowest BCUT2D eigenvalue weighted by Gasteiger charge is -2.30. The van der Waals surface area contributed by atoms with Crippen molar-refractivity contribution < 1.29 is 36.2 Å². The molecule has 3 nitrogen and oxygen atoms in total. The minimum atomic E-state index is -5.73. The molecule has 0 unspecified atom stereocenters. The number of alkyl halides is 6. The number of hydrogen-bond acceptors (Lipinski definition) is 2. The predicted octanol–water partition coefficient (Wildman–Crippen LogP) is 3.95. The summed E-state index contributed by atoms with van der Waals surface area (Å²) in [5, 5.41) is 10.7. The van der Waals surface area contributed by atoms with Crippen LogP contribution in [-0.4, -0.2) is 29.5 Å². The van der Waals surface area contributed by atoms with Crippen LogP contribution in [0.15, 0.2) is 30.3 Å². The van der Waals surface area contributed by atoms with E-state index in [-0.39, 0.29) is 12.4 Å². The highest BCUT2D eigenvalue weighted by molar-refractivity contribution is 5.85. The monoisotopic (exact) mass is 365 g/mol. The van der Waals surface area contributed by atoms with E-state index < -0.39 is 36.3 Å². The third-order valence-electron chi connectivity index (χ3n) is 3.03. The molecule has 23 heavy (non-hydrogen) atoms. The summed E-state index contributed by atoms with van der Waals surface area (Å²) in [5.41, 5.74) is 0.372. The van der Waals surface area contributed by atoms with Gasteiger partial charge in [-0.25, -0.2) is 0 Å². The molecule has 0 fully saturated rings. The molecule has 0 amide bonds. The first-order valence-electron chi connectivity index (χ1n) is 6.12. The van der Waals surface area contributed by atoms with Crippen LogP contribution in [0, 0.1) is 5.92 Å². The normalized spacial score (nSPS) is 15.0. The van der Waals surface area contributed by atoms with Gasteiger partial charge in [0.1, 0.15) is 6.04 Å². The molecule has 1 rings (SSSR count). The van der Waals surface area contributed by atoms with Gasteiger partial charge < -0.3 is 5.11 Å². The number of carbonyl (C=O) groups is 1. The van der Waals surface area contributed by atoms with Gasteiger partial charge in [0.25, 0.3) is 0 Å². The van der Waals surface area contributed by atoms with Crippen LogP contribution < -0.4 is 5.32 Å². The van der Waals surface area contributed by atoms with Crippen molar-refractivity contribution in [3.8, 4) is 0 Å². The Kier molecular flexibility index (Phi) is 7.36. The maximum Gasteiger partial charge on any atom is 0.402 e. The fraction of sp³-hybridized carbons (Fsp3) is 0.462. The fourth-order valence-electron chi connectivity index (χ4n) is 1.98. The van der Waals surface area contributed by atoms with Crippen molar-refractivity contribution in [2.45, 2.75) is 31.4 Å². The van der Waals surface area contributed by atoms with E-state index >= 15 is 0 Å². The fourth-order valence-corrected chi connectivity index (χ4v) is 1.98. The average molecular weight is 366 g/mol. The van der Waals surface area contributed by atoms with Gasteiger partial charge in [-0.3, -0.25) is 10.1 Å². The van der Waals surface area contributed by atoms with Gasteiger partial charge in [-0.15, -0.1) is 12.4 Å². The topological polar surface area (TPSA) is 49.3 Å². The van der Waals surface area contributed by atoms with Crippen molar-refractivity contribution in [2.24, 2.45) is 5.92 Å². The highest BCUT2D eigenvalue weighted by Crippen LogP contribution is 2.42. The number of carboxylic acids is 1. The molecule has 2 atom stereocenters. The number of aliphatic carboxylic acids is 1. The number of benzene rings is 1. The van der Waals surface area contributed by atoms with Crippen LogP contribution >= 0.6 is 12.4 Å². The molecule has 0 aliphatic rings. The lowest BCUT2D eigenvalue weighted by atomic mass is 9.96. The molecule has 0 bridgehead atoms. The molecule has 0 saturated heterocycles. The summed E-state index contributed by atoms with van der Waals surface area (Å²) in [5.74, 6) is -6.22. The second-order valence-corrected chi connectivity index (χ2v) is 4.68. The third-order valence-corrected chi connectivity index (χ3v) is 3.03. The Hall–Kier alpha value is -1.48. The molecule has 0 aliphatic heterocycles. The van der Waals surface area contributed by atoms with Crippen molar-refractivity contribution >= 4 is 18.4 Å². The van der Waals surface area contributed by atoms with Crippen LogP contribution in [0.5, 0.6) is 0 Å². The van der Waals surface area contributed by atoms with E-state index in [1.54, 1.807) is 6.07 Å². The number of hydrogen-bond donors (Lipinski definition) is 2. The van der Waals surface area contributed by atoms with E-state index in [0.29, 0.717) is 5.56 Å². The first-order chi connectivity index (χ1) is 9.94. The average Bonchev–Trinajstić information content (AvgIpc) is 2.35. The number of rotatable bonds is 5. The van der Waals surface area contributed by atoms with Gasteiger partial charge in [0.2, 0.25) is 0 Å². The smallest absolute Gasteiger partial charge is 0.402 e. The summed E-state index contributed by atoms with van der Waals surface area (Å²) in [6.45, 7) is 1.29. The minimum Gasteiger partial charge on any atom is -0.480 e. The molecule has 2 N–H and O–H groups in total. The van der Waals surface area contributed by atoms with Crippen molar-refractivity contribution in [2.75, 3.05) is 0 Å². The first kappa shape index (κ1) is 21.5. The van der Waals surface area contributed by atoms with E-state index in [2.05, 4.69) is 0 Å². The van der Waals surface area contributed by atoms with Crippen molar-refractivity contribution in [3.05, 3.63) is 35.9 Å². The molecule has 0 heterocycles. The molecular formula is C13H14ClF6NO2. The Labute approximate surface area is 134 Å². The molecule has 0 aromatic heterocycles. The van der Waals surface area contributed by atoms with Crippen molar-refractivity contribution in [3.63, 3.8) is 0 Å². The van der Waals surface area contributed by atoms with Crippen molar-refractivity contribution in [1.82, 2.24) is 5.32 Å². The van der Waals surface area contributed by atoms with Crippen molar-refractivity contribution in [1.29, 1.82) is 0 Å². The van der Waals surface area contributed by atoms with Crippen LogP contribution in [0.25, 0.3) is 0 Å². The standard InChI is InChI=1S/C13H13F6NO2.ClH/c1-7(8-5-3-2-4-6-8)20-9(11(21)22)10(12(14,15)16)13(17,18)19;/h2-7,9-10,20H,1H3,(H,21,22);1H/t7-,9+;/m0./s1. The predicted molar refractivity (Wildman–Crippen MR) is 72.3 cm³/mol. The largest absolute Gasteiger partial charge is 0.480 e. The SMILES string of the molecule is C[C@H](N[C@@H](C(=O)O)C(C(F)(F)F)C(F)(F)F)c1ccccc1.Cl. The van der Waals surface area contributed by atoms with Gasteiger partial charge in [0.05, 0.1) is 0 Å². The van der Waals surface area contributed by atoms with E-state index in [9.17, 15) is 31.1 Å². The van der Waals surface area contributed by atoms with Gasteiger partial charge in [-0.05, 0) is 12.5 Å². The van der Waals surface area contributed by atoms with Crippen LogP contribution in [0.2, 0.25) is 0 Å². The maximum absolute atomic E-state index is 12.7. The first-order valence-corrected chi connectivity index (χ1v) is 6.12. The van der Waals surface area contributed by atoms with Gasteiger partial charge in [0.15, 0.2) is 5.92 Å². The van der Waals surface area contributed by atoms with Gasteiger partial charge >= 0.3 is 18.3 Å². The quantitative estimate of drug-likeness (QED) is 0.777. The Bertz CT molecular complexity index is 491.